The number of amides is 1. The van der Waals surface area contributed by atoms with E-state index in [1.807, 2.05) is 20.8 Å². The first-order valence-electron chi connectivity index (χ1n) is 7.96. The molecule has 2 rings (SSSR count). The molecule has 0 spiro atoms. The molecule has 22 heavy (non-hydrogen) atoms. The number of halogens is 1. The third-order valence-corrected chi connectivity index (χ3v) is 4.87. The lowest BCUT2D eigenvalue weighted by Crippen LogP contribution is -2.59. The number of likely N-dealkylation sites (tertiary alicyclic amines) is 1. The molecular formula is C16H26ClNO4. The molecule has 6 heteroatoms. The number of rotatable bonds is 1. The Morgan fingerprint density at radius 1 is 1.14 bits per heavy atom. The average molecular weight is 332 g/mol. The van der Waals surface area contributed by atoms with Crippen molar-refractivity contribution in [3.05, 3.63) is 0 Å². The van der Waals surface area contributed by atoms with Crippen LogP contribution in [-0.2, 0) is 14.3 Å². The number of methoxy groups -OCH3 is 1. The molecule has 0 aromatic rings. The maximum Gasteiger partial charge on any atom is 0.411 e. The van der Waals surface area contributed by atoms with Crippen LogP contribution >= 0.6 is 11.6 Å². The molecule has 1 heterocycles. The monoisotopic (exact) mass is 331 g/mol. The summed E-state index contributed by atoms with van der Waals surface area (Å²) < 4.78 is 10.4. The lowest BCUT2D eigenvalue weighted by Gasteiger charge is -2.48. The Morgan fingerprint density at radius 2 is 1.77 bits per heavy atom. The van der Waals surface area contributed by atoms with Crippen LogP contribution < -0.4 is 0 Å². The fourth-order valence-electron chi connectivity index (χ4n) is 3.52. The van der Waals surface area contributed by atoms with Gasteiger partial charge in [-0.1, -0.05) is 0 Å². The molecule has 1 aliphatic heterocycles. The molecule has 5 nitrogen and oxygen atoms in total. The number of alkyl halides is 1. The van der Waals surface area contributed by atoms with E-state index in [2.05, 4.69) is 0 Å². The standard InChI is InChI=1S/C16H26ClNO4/c1-16(2,3)22-15(20)18-12(14(19)21-4)8-6-10-5-7-11(17)9-13(10)18/h10-13H,5-9H2,1-4H3/t10-,11-,12-,13-/m0/s1. The quantitative estimate of drug-likeness (QED) is 0.546. The van der Waals surface area contributed by atoms with E-state index in [1.165, 1.54) is 7.11 Å². The highest BCUT2D eigenvalue weighted by molar-refractivity contribution is 6.20. The number of esters is 1. The summed E-state index contributed by atoms with van der Waals surface area (Å²) in [5.74, 6) is 0.0180. The van der Waals surface area contributed by atoms with Crippen molar-refractivity contribution in [2.75, 3.05) is 7.11 Å². The number of hydrogen-bond acceptors (Lipinski definition) is 4. The van der Waals surface area contributed by atoms with Crippen molar-refractivity contribution < 1.29 is 19.1 Å². The lowest BCUT2D eigenvalue weighted by atomic mass is 9.76. The van der Waals surface area contributed by atoms with E-state index < -0.39 is 17.7 Å². The minimum Gasteiger partial charge on any atom is -0.467 e. The minimum absolute atomic E-state index is 0.0380. The predicted molar refractivity (Wildman–Crippen MR) is 83.9 cm³/mol. The van der Waals surface area contributed by atoms with Crippen molar-refractivity contribution in [3.63, 3.8) is 0 Å². The van der Waals surface area contributed by atoms with Crippen molar-refractivity contribution in [2.45, 2.75) is 75.9 Å². The minimum atomic E-state index is -0.597. The zero-order chi connectivity index (χ0) is 16.5. The number of fused-ring (bicyclic) bond motifs is 1. The van der Waals surface area contributed by atoms with Gasteiger partial charge in [0.2, 0.25) is 0 Å². The van der Waals surface area contributed by atoms with Gasteiger partial charge in [0.25, 0.3) is 0 Å². The van der Waals surface area contributed by atoms with Crippen molar-refractivity contribution in [3.8, 4) is 0 Å². The topological polar surface area (TPSA) is 55.8 Å². The van der Waals surface area contributed by atoms with Crippen LogP contribution in [0.2, 0.25) is 0 Å². The Bertz CT molecular complexity index is 434. The third-order valence-electron chi connectivity index (χ3n) is 4.47. The zero-order valence-electron chi connectivity index (χ0n) is 13.8. The van der Waals surface area contributed by atoms with Crippen LogP contribution in [0, 0.1) is 5.92 Å². The van der Waals surface area contributed by atoms with E-state index >= 15 is 0 Å². The van der Waals surface area contributed by atoms with E-state index in [1.54, 1.807) is 4.90 Å². The molecule has 1 amide bonds. The Labute approximate surface area is 137 Å². The fraction of sp³-hybridized carbons (Fsp3) is 0.875. The molecule has 0 aromatic heterocycles. The molecule has 0 aromatic carbocycles. The zero-order valence-corrected chi connectivity index (χ0v) is 14.6. The van der Waals surface area contributed by atoms with E-state index in [9.17, 15) is 9.59 Å². The van der Waals surface area contributed by atoms with Crippen LogP contribution in [0.1, 0.15) is 52.9 Å². The molecule has 4 atom stereocenters. The smallest absolute Gasteiger partial charge is 0.411 e. The highest BCUT2D eigenvalue weighted by atomic mass is 35.5. The van der Waals surface area contributed by atoms with Crippen molar-refractivity contribution in [1.82, 2.24) is 4.90 Å². The molecule has 0 unspecified atom stereocenters. The number of carbonyl (C=O) groups is 2. The first-order valence-corrected chi connectivity index (χ1v) is 8.40. The van der Waals surface area contributed by atoms with Gasteiger partial charge < -0.3 is 9.47 Å². The van der Waals surface area contributed by atoms with E-state index in [0.717, 1.165) is 19.3 Å². The molecule has 2 aliphatic rings. The molecule has 2 fully saturated rings. The summed E-state index contributed by atoms with van der Waals surface area (Å²) in [6.45, 7) is 5.47. The summed E-state index contributed by atoms with van der Waals surface area (Å²) in [7, 11) is 1.35. The maximum absolute atomic E-state index is 12.7. The van der Waals surface area contributed by atoms with E-state index in [0.29, 0.717) is 18.8 Å². The van der Waals surface area contributed by atoms with Gasteiger partial charge >= 0.3 is 12.1 Å². The summed E-state index contributed by atoms with van der Waals surface area (Å²) in [5.41, 5.74) is -0.597. The summed E-state index contributed by atoms with van der Waals surface area (Å²) in [5, 5.41) is 0.0441. The fourth-order valence-corrected chi connectivity index (χ4v) is 3.83. The average Bonchev–Trinajstić information content (AvgIpc) is 2.43. The summed E-state index contributed by atoms with van der Waals surface area (Å²) in [6.07, 6.45) is 3.77. The van der Waals surface area contributed by atoms with Gasteiger partial charge in [0.15, 0.2) is 0 Å². The van der Waals surface area contributed by atoms with Crippen molar-refractivity contribution in [2.24, 2.45) is 5.92 Å². The van der Waals surface area contributed by atoms with Gasteiger partial charge in [-0.3, -0.25) is 4.90 Å². The van der Waals surface area contributed by atoms with Crippen LogP contribution in [0.15, 0.2) is 0 Å². The molecule has 126 valence electrons. The van der Waals surface area contributed by atoms with E-state index in [4.69, 9.17) is 21.1 Å². The summed E-state index contributed by atoms with van der Waals surface area (Å²) >= 11 is 6.31. The number of hydrogen-bond donors (Lipinski definition) is 0. The van der Waals surface area contributed by atoms with Gasteiger partial charge in [-0.2, -0.15) is 0 Å². The molecule has 1 saturated heterocycles. The first-order chi connectivity index (χ1) is 10.2. The SMILES string of the molecule is COC(=O)[C@@H]1CC[C@@H]2CC[C@H](Cl)C[C@@H]2N1C(=O)OC(C)(C)C. The van der Waals surface area contributed by atoms with Crippen LogP contribution in [0.3, 0.4) is 0 Å². The number of carbonyl (C=O) groups excluding carboxylic acids is 2. The largest absolute Gasteiger partial charge is 0.467 e. The normalized spacial score (nSPS) is 32.1. The molecular weight excluding hydrogens is 306 g/mol. The number of nitrogens with zero attached hydrogens (tertiary/aromatic N) is 1. The molecule has 1 saturated carbocycles. The van der Waals surface area contributed by atoms with Crippen LogP contribution in [-0.4, -0.2) is 47.1 Å². The lowest BCUT2D eigenvalue weighted by molar-refractivity contribution is -0.151. The Morgan fingerprint density at radius 3 is 2.36 bits per heavy atom. The van der Waals surface area contributed by atoms with E-state index in [-0.39, 0.29) is 17.4 Å². The van der Waals surface area contributed by atoms with Gasteiger partial charge in [0, 0.05) is 11.4 Å². The molecule has 1 aliphatic carbocycles. The highest BCUT2D eigenvalue weighted by Crippen LogP contribution is 2.40. The summed E-state index contributed by atoms with van der Waals surface area (Å²) in [6, 6.07) is -0.605. The second-order valence-corrected chi connectivity index (χ2v) is 7.86. The summed E-state index contributed by atoms with van der Waals surface area (Å²) in [4.78, 5) is 26.4. The Balaban J connectivity index is 2.25. The van der Waals surface area contributed by atoms with Gasteiger partial charge in [-0.25, -0.2) is 9.59 Å². The number of ether oxygens (including phenoxy) is 2. The van der Waals surface area contributed by atoms with Crippen LogP contribution in [0.25, 0.3) is 0 Å². The Kier molecular flexibility index (Phi) is 5.25. The van der Waals surface area contributed by atoms with Crippen molar-refractivity contribution >= 4 is 23.7 Å². The predicted octanol–water partition coefficient (Wildman–Crippen LogP) is 3.34. The van der Waals surface area contributed by atoms with Gasteiger partial charge in [-0.15, -0.1) is 11.6 Å². The second kappa shape index (κ2) is 6.65. The first kappa shape index (κ1) is 17.4. The number of piperidine rings is 1. The molecule has 0 N–H and O–H groups in total. The van der Waals surface area contributed by atoms with Crippen LogP contribution in [0.4, 0.5) is 4.79 Å². The van der Waals surface area contributed by atoms with Gasteiger partial charge in [-0.05, 0) is 58.8 Å². The Hall–Kier alpha value is -0.970. The second-order valence-electron chi connectivity index (χ2n) is 7.24. The highest BCUT2D eigenvalue weighted by Gasteiger charge is 2.47. The molecule has 0 radical (unpaired) electrons. The van der Waals surface area contributed by atoms with Gasteiger partial charge in [0.1, 0.15) is 11.6 Å². The van der Waals surface area contributed by atoms with Gasteiger partial charge in [0.05, 0.1) is 7.11 Å². The van der Waals surface area contributed by atoms with Crippen molar-refractivity contribution in [1.29, 1.82) is 0 Å². The third kappa shape index (κ3) is 3.86. The maximum atomic E-state index is 12.7. The van der Waals surface area contributed by atoms with Crippen LogP contribution in [0.5, 0.6) is 0 Å². The molecule has 0 bridgehead atoms.